The van der Waals surface area contributed by atoms with E-state index in [1.165, 1.54) is 0 Å². The molecule has 1 aromatic carbocycles. The number of nitrogens with zero attached hydrogens (tertiary/aromatic N) is 3. The molecule has 2 heterocycles. The smallest absolute Gasteiger partial charge is 0.295 e. The number of nitrogens with one attached hydrogen (secondary N) is 2. The van der Waals surface area contributed by atoms with Gasteiger partial charge in [-0.05, 0) is 55.9 Å². The highest BCUT2D eigenvalue weighted by atomic mass is 32.1. The highest BCUT2D eigenvalue weighted by Gasteiger charge is 2.17. The molecule has 2 aromatic heterocycles. The van der Waals surface area contributed by atoms with Crippen molar-refractivity contribution in [2.75, 3.05) is 10.6 Å². The second kappa shape index (κ2) is 6.90. The molecule has 0 radical (unpaired) electrons. The predicted octanol–water partition coefficient (Wildman–Crippen LogP) is 3.00. The van der Waals surface area contributed by atoms with Crippen LogP contribution in [0, 0.1) is 13.8 Å². The molecule has 0 spiro atoms. The van der Waals surface area contributed by atoms with Gasteiger partial charge < -0.3 is 10.6 Å². The van der Waals surface area contributed by atoms with Crippen molar-refractivity contribution >= 4 is 28.8 Å². The lowest BCUT2D eigenvalue weighted by Gasteiger charge is -2.09. The van der Waals surface area contributed by atoms with E-state index in [-0.39, 0.29) is 5.56 Å². The number of hydrogen-bond donors (Lipinski definition) is 2. The van der Waals surface area contributed by atoms with Crippen molar-refractivity contribution in [2.45, 2.75) is 13.8 Å². The van der Waals surface area contributed by atoms with Crippen molar-refractivity contribution < 1.29 is 0 Å². The van der Waals surface area contributed by atoms with Gasteiger partial charge in [-0.1, -0.05) is 18.2 Å². The van der Waals surface area contributed by atoms with E-state index in [9.17, 15) is 4.79 Å². The summed E-state index contributed by atoms with van der Waals surface area (Å²) in [5, 5.41) is 6.33. The molecular weight excluding hydrogens is 334 g/mol. The molecule has 0 aliphatic rings. The third-order valence-electron chi connectivity index (χ3n) is 3.95. The molecule has 128 valence electrons. The number of thiocarbonyl (C=S) groups is 1. The van der Waals surface area contributed by atoms with E-state index in [0.29, 0.717) is 16.6 Å². The molecule has 0 saturated carbocycles. The zero-order valence-electron chi connectivity index (χ0n) is 14.3. The first-order valence-electron chi connectivity index (χ1n) is 7.82. The Balaban J connectivity index is 1.88. The molecule has 0 atom stereocenters. The van der Waals surface area contributed by atoms with Crippen molar-refractivity contribution in [2.24, 2.45) is 7.05 Å². The Kier molecular flexibility index (Phi) is 4.67. The minimum atomic E-state index is -0.160. The lowest BCUT2D eigenvalue weighted by Crippen LogP contribution is -2.25. The van der Waals surface area contributed by atoms with Crippen LogP contribution >= 0.6 is 12.2 Å². The summed E-state index contributed by atoms with van der Waals surface area (Å²) in [5.41, 5.74) is 2.94. The molecule has 2 N–H and O–H groups in total. The van der Waals surface area contributed by atoms with Crippen LogP contribution in [0.25, 0.3) is 5.69 Å². The number of para-hydroxylation sites is 1. The van der Waals surface area contributed by atoms with Crippen LogP contribution in [0.15, 0.2) is 53.5 Å². The monoisotopic (exact) mass is 353 g/mol. The average Bonchev–Trinajstić information content (AvgIpc) is 2.79. The summed E-state index contributed by atoms with van der Waals surface area (Å²) in [6, 6.07) is 13.3. The van der Waals surface area contributed by atoms with Crippen molar-refractivity contribution in [1.29, 1.82) is 0 Å². The summed E-state index contributed by atoms with van der Waals surface area (Å²) in [7, 11) is 1.84. The first-order valence-corrected chi connectivity index (χ1v) is 8.23. The lowest BCUT2D eigenvalue weighted by atomic mass is 10.3. The van der Waals surface area contributed by atoms with Crippen LogP contribution in [0.1, 0.15) is 11.3 Å². The van der Waals surface area contributed by atoms with E-state index >= 15 is 0 Å². The Labute approximate surface area is 151 Å². The molecular formula is C18H19N5OS. The molecule has 0 bridgehead atoms. The Morgan fingerprint density at radius 2 is 1.84 bits per heavy atom. The molecule has 7 heteroatoms. The maximum Gasteiger partial charge on any atom is 0.295 e. The van der Waals surface area contributed by atoms with E-state index in [0.717, 1.165) is 16.9 Å². The zero-order valence-corrected chi connectivity index (χ0v) is 15.1. The van der Waals surface area contributed by atoms with Gasteiger partial charge in [0.1, 0.15) is 11.5 Å². The molecule has 3 aromatic rings. The summed E-state index contributed by atoms with van der Waals surface area (Å²) in [6.07, 6.45) is 1.70. The fourth-order valence-electron chi connectivity index (χ4n) is 2.58. The van der Waals surface area contributed by atoms with E-state index in [1.807, 2.05) is 63.4 Å². The third-order valence-corrected chi connectivity index (χ3v) is 4.15. The van der Waals surface area contributed by atoms with Gasteiger partial charge in [0.2, 0.25) is 0 Å². The number of rotatable bonds is 3. The first kappa shape index (κ1) is 16.9. The number of aromatic nitrogens is 3. The summed E-state index contributed by atoms with van der Waals surface area (Å²) in [6.45, 7) is 3.85. The summed E-state index contributed by atoms with van der Waals surface area (Å²) in [4.78, 5) is 17.0. The quantitative estimate of drug-likeness (QED) is 0.709. The first-order chi connectivity index (χ1) is 12.0. The van der Waals surface area contributed by atoms with Gasteiger partial charge in [-0.2, -0.15) is 0 Å². The molecule has 0 saturated heterocycles. The van der Waals surface area contributed by atoms with Gasteiger partial charge in [-0.25, -0.2) is 9.67 Å². The minimum absolute atomic E-state index is 0.160. The van der Waals surface area contributed by atoms with Crippen LogP contribution in [-0.2, 0) is 7.05 Å². The zero-order chi connectivity index (χ0) is 18.0. The number of anilines is 2. The maximum atomic E-state index is 12.8. The normalized spacial score (nSPS) is 10.5. The Bertz CT molecular complexity index is 975. The van der Waals surface area contributed by atoms with E-state index in [4.69, 9.17) is 12.2 Å². The van der Waals surface area contributed by atoms with Gasteiger partial charge in [0, 0.05) is 13.2 Å². The van der Waals surface area contributed by atoms with Crippen LogP contribution in [0.4, 0.5) is 11.5 Å². The van der Waals surface area contributed by atoms with Gasteiger partial charge in [-0.3, -0.25) is 9.48 Å². The molecule has 0 aliphatic heterocycles. The minimum Gasteiger partial charge on any atom is -0.326 e. The van der Waals surface area contributed by atoms with Gasteiger partial charge >= 0.3 is 0 Å². The van der Waals surface area contributed by atoms with Crippen LogP contribution in [0.3, 0.4) is 0 Å². The van der Waals surface area contributed by atoms with Crippen molar-refractivity contribution in [3.8, 4) is 5.69 Å². The second-order valence-electron chi connectivity index (χ2n) is 5.73. The fourth-order valence-corrected chi connectivity index (χ4v) is 2.78. The van der Waals surface area contributed by atoms with Crippen molar-refractivity contribution in [3.05, 3.63) is 70.3 Å². The standard InChI is InChI=1S/C18H19N5OS/c1-12-9-10-19-15(11-12)20-18(25)21-16-13(2)22(3)23(17(16)24)14-7-5-4-6-8-14/h4-11H,1-3H3,(H2,19,20,21,25). The summed E-state index contributed by atoms with van der Waals surface area (Å²) in [5.74, 6) is 0.634. The molecule has 3 rings (SSSR count). The van der Waals surface area contributed by atoms with E-state index in [1.54, 1.807) is 15.6 Å². The lowest BCUT2D eigenvalue weighted by molar-refractivity contribution is 0.630. The highest BCUT2D eigenvalue weighted by molar-refractivity contribution is 7.80. The second-order valence-corrected chi connectivity index (χ2v) is 6.14. The Hall–Kier alpha value is -2.93. The van der Waals surface area contributed by atoms with E-state index in [2.05, 4.69) is 15.6 Å². The fraction of sp³-hybridized carbons (Fsp3) is 0.167. The number of hydrogen-bond acceptors (Lipinski definition) is 3. The molecule has 0 aliphatic carbocycles. The predicted molar refractivity (Wildman–Crippen MR) is 105 cm³/mol. The third kappa shape index (κ3) is 3.46. The van der Waals surface area contributed by atoms with Gasteiger partial charge in [0.15, 0.2) is 5.11 Å². The largest absolute Gasteiger partial charge is 0.326 e. The molecule has 0 fully saturated rings. The number of aryl methyl sites for hydroxylation is 1. The van der Waals surface area contributed by atoms with Gasteiger partial charge in [0.25, 0.3) is 5.56 Å². The summed E-state index contributed by atoms with van der Waals surface area (Å²) >= 11 is 5.33. The Morgan fingerprint density at radius 3 is 2.52 bits per heavy atom. The van der Waals surface area contributed by atoms with Crippen LogP contribution in [0.2, 0.25) is 0 Å². The number of pyridine rings is 1. The topological polar surface area (TPSA) is 63.9 Å². The molecule has 25 heavy (non-hydrogen) atoms. The number of benzene rings is 1. The molecule has 6 nitrogen and oxygen atoms in total. The van der Waals surface area contributed by atoms with Gasteiger partial charge in [-0.15, -0.1) is 0 Å². The van der Waals surface area contributed by atoms with Crippen LogP contribution < -0.4 is 16.2 Å². The summed E-state index contributed by atoms with van der Waals surface area (Å²) < 4.78 is 3.40. The average molecular weight is 353 g/mol. The van der Waals surface area contributed by atoms with E-state index < -0.39 is 0 Å². The SMILES string of the molecule is Cc1ccnc(NC(=S)Nc2c(C)n(C)n(-c3ccccc3)c2=O)c1. The van der Waals surface area contributed by atoms with Crippen LogP contribution in [-0.4, -0.2) is 19.5 Å². The van der Waals surface area contributed by atoms with Gasteiger partial charge in [0.05, 0.1) is 11.4 Å². The highest BCUT2D eigenvalue weighted by Crippen LogP contribution is 2.14. The van der Waals surface area contributed by atoms with Crippen molar-refractivity contribution in [1.82, 2.24) is 14.3 Å². The van der Waals surface area contributed by atoms with Crippen LogP contribution in [0.5, 0.6) is 0 Å². The molecule has 0 unspecified atom stereocenters. The maximum absolute atomic E-state index is 12.8. The Morgan fingerprint density at radius 1 is 1.12 bits per heavy atom. The molecule has 0 amide bonds. The van der Waals surface area contributed by atoms with Crippen molar-refractivity contribution in [3.63, 3.8) is 0 Å².